The van der Waals surface area contributed by atoms with Crippen molar-refractivity contribution in [2.24, 2.45) is 5.73 Å². The van der Waals surface area contributed by atoms with Crippen LogP contribution in [0.5, 0.6) is 0 Å². The van der Waals surface area contributed by atoms with E-state index in [1.807, 2.05) is 0 Å². The predicted molar refractivity (Wildman–Crippen MR) is 56.3 cm³/mol. The number of morpholine rings is 1. The minimum absolute atomic E-state index is 0.0539. The van der Waals surface area contributed by atoms with Crippen LogP contribution in [0.15, 0.2) is 0 Å². The Kier molecular flexibility index (Phi) is 3.38. The van der Waals surface area contributed by atoms with E-state index < -0.39 is 0 Å². The minimum atomic E-state index is 0.0539. The molecule has 2 fully saturated rings. The number of nitrogens with two attached hydrogens (primary N) is 1. The van der Waals surface area contributed by atoms with Crippen LogP contribution in [0.1, 0.15) is 12.8 Å². The van der Waals surface area contributed by atoms with Crippen molar-refractivity contribution in [3.05, 3.63) is 0 Å². The molecule has 0 saturated carbocycles. The van der Waals surface area contributed by atoms with E-state index in [1.165, 1.54) is 0 Å². The van der Waals surface area contributed by atoms with Crippen LogP contribution in [0.3, 0.4) is 0 Å². The topological polar surface area (TPSA) is 50.5 Å². The predicted octanol–water partition coefficient (Wildman–Crippen LogP) is -0.600. The molecule has 2 heterocycles. The van der Waals surface area contributed by atoms with E-state index in [0.29, 0.717) is 0 Å². The van der Waals surface area contributed by atoms with Gasteiger partial charge in [0.1, 0.15) is 0 Å². The van der Waals surface area contributed by atoms with E-state index in [9.17, 15) is 0 Å². The maximum absolute atomic E-state index is 6.26. The van der Waals surface area contributed by atoms with Gasteiger partial charge in [0.05, 0.1) is 13.2 Å². The normalized spacial score (nSPS) is 34.9. The van der Waals surface area contributed by atoms with Gasteiger partial charge in [0.25, 0.3) is 0 Å². The van der Waals surface area contributed by atoms with Crippen molar-refractivity contribution in [1.29, 1.82) is 0 Å². The van der Waals surface area contributed by atoms with Gasteiger partial charge in [-0.3, -0.25) is 4.90 Å². The number of nitrogens with one attached hydrogen (secondary N) is 1. The second kappa shape index (κ2) is 4.57. The standard InChI is InChI=1S/C10H21N3O/c11-10(1-3-12-9-10)2-4-13-5-7-14-8-6-13/h12H,1-9,11H2. The summed E-state index contributed by atoms with van der Waals surface area (Å²) in [5, 5.41) is 3.33. The van der Waals surface area contributed by atoms with Gasteiger partial charge < -0.3 is 15.8 Å². The zero-order chi connectivity index (χ0) is 9.86. The summed E-state index contributed by atoms with van der Waals surface area (Å²) < 4.78 is 5.31. The first-order valence-corrected chi connectivity index (χ1v) is 5.58. The molecule has 3 N–H and O–H groups in total. The van der Waals surface area contributed by atoms with E-state index >= 15 is 0 Å². The summed E-state index contributed by atoms with van der Waals surface area (Å²) in [6.07, 6.45) is 2.23. The molecule has 2 aliphatic rings. The lowest BCUT2D eigenvalue weighted by atomic mass is 9.95. The highest BCUT2D eigenvalue weighted by molar-refractivity contribution is 4.93. The fourth-order valence-corrected chi connectivity index (χ4v) is 2.18. The van der Waals surface area contributed by atoms with Crippen LogP contribution in [-0.4, -0.2) is 56.4 Å². The zero-order valence-electron chi connectivity index (χ0n) is 8.80. The van der Waals surface area contributed by atoms with Gasteiger partial charge in [-0.25, -0.2) is 0 Å². The van der Waals surface area contributed by atoms with Crippen molar-refractivity contribution >= 4 is 0 Å². The summed E-state index contributed by atoms with van der Waals surface area (Å²) in [5.74, 6) is 0. The summed E-state index contributed by atoms with van der Waals surface area (Å²) in [6, 6.07) is 0. The maximum atomic E-state index is 6.26. The summed E-state index contributed by atoms with van der Waals surface area (Å²) in [7, 11) is 0. The van der Waals surface area contributed by atoms with Gasteiger partial charge in [-0.2, -0.15) is 0 Å². The molecule has 4 heteroatoms. The first-order valence-electron chi connectivity index (χ1n) is 5.58. The van der Waals surface area contributed by atoms with E-state index in [1.54, 1.807) is 0 Å². The van der Waals surface area contributed by atoms with E-state index in [-0.39, 0.29) is 5.54 Å². The quantitative estimate of drug-likeness (QED) is 0.637. The molecule has 1 unspecified atom stereocenters. The van der Waals surface area contributed by atoms with Crippen LogP contribution in [0, 0.1) is 0 Å². The monoisotopic (exact) mass is 199 g/mol. The molecule has 0 aromatic rings. The minimum Gasteiger partial charge on any atom is -0.379 e. The summed E-state index contributed by atoms with van der Waals surface area (Å²) in [6.45, 7) is 7.11. The first-order chi connectivity index (χ1) is 6.79. The van der Waals surface area contributed by atoms with Crippen molar-refractivity contribution in [2.45, 2.75) is 18.4 Å². The third kappa shape index (κ3) is 2.67. The molecule has 4 nitrogen and oxygen atoms in total. The van der Waals surface area contributed by atoms with Crippen molar-refractivity contribution in [2.75, 3.05) is 45.9 Å². The van der Waals surface area contributed by atoms with E-state index in [4.69, 9.17) is 10.5 Å². The molecule has 14 heavy (non-hydrogen) atoms. The molecule has 82 valence electrons. The third-order valence-electron chi connectivity index (χ3n) is 3.31. The van der Waals surface area contributed by atoms with Gasteiger partial charge in [0.15, 0.2) is 0 Å². The summed E-state index contributed by atoms with van der Waals surface area (Å²) in [4.78, 5) is 2.45. The second-order valence-corrected chi connectivity index (χ2v) is 4.49. The second-order valence-electron chi connectivity index (χ2n) is 4.49. The van der Waals surface area contributed by atoms with Gasteiger partial charge in [-0.05, 0) is 19.4 Å². The summed E-state index contributed by atoms with van der Waals surface area (Å²) in [5.41, 5.74) is 6.31. The van der Waals surface area contributed by atoms with Crippen LogP contribution in [-0.2, 0) is 4.74 Å². The molecule has 2 rings (SSSR count). The van der Waals surface area contributed by atoms with Crippen LogP contribution >= 0.6 is 0 Å². The Labute approximate surface area is 85.8 Å². The molecular weight excluding hydrogens is 178 g/mol. The number of rotatable bonds is 3. The highest BCUT2D eigenvalue weighted by Gasteiger charge is 2.29. The Bertz CT molecular complexity index is 174. The maximum Gasteiger partial charge on any atom is 0.0594 e. The molecule has 0 aliphatic carbocycles. The lowest BCUT2D eigenvalue weighted by Gasteiger charge is -2.30. The Balaban J connectivity index is 1.70. The largest absolute Gasteiger partial charge is 0.379 e. The fraction of sp³-hybridized carbons (Fsp3) is 1.00. The van der Waals surface area contributed by atoms with Crippen molar-refractivity contribution < 1.29 is 4.74 Å². The van der Waals surface area contributed by atoms with Gasteiger partial charge in [-0.1, -0.05) is 0 Å². The molecular formula is C10H21N3O. The average molecular weight is 199 g/mol. The molecule has 0 spiro atoms. The smallest absolute Gasteiger partial charge is 0.0594 e. The van der Waals surface area contributed by atoms with E-state index in [2.05, 4.69) is 10.2 Å². The Morgan fingerprint density at radius 2 is 2.14 bits per heavy atom. The highest BCUT2D eigenvalue weighted by atomic mass is 16.5. The van der Waals surface area contributed by atoms with Crippen molar-refractivity contribution in [3.63, 3.8) is 0 Å². The fourth-order valence-electron chi connectivity index (χ4n) is 2.18. The average Bonchev–Trinajstić information content (AvgIpc) is 2.65. The van der Waals surface area contributed by atoms with Gasteiger partial charge in [0, 0.05) is 31.7 Å². The Morgan fingerprint density at radius 3 is 2.79 bits per heavy atom. The molecule has 2 aliphatic heterocycles. The Morgan fingerprint density at radius 1 is 1.36 bits per heavy atom. The van der Waals surface area contributed by atoms with Crippen LogP contribution in [0.4, 0.5) is 0 Å². The first kappa shape index (κ1) is 10.4. The van der Waals surface area contributed by atoms with Crippen LogP contribution < -0.4 is 11.1 Å². The number of nitrogens with zero attached hydrogens (tertiary/aromatic N) is 1. The zero-order valence-corrected chi connectivity index (χ0v) is 8.80. The van der Waals surface area contributed by atoms with E-state index in [0.717, 1.165) is 58.8 Å². The molecule has 0 aromatic carbocycles. The third-order valence-corrected chi connectivity index (χ3v) is 3.31. The van der Waals surface area contributed by atoms with Gasteiger partial charge in [0.2, 0.25) is 0 Å². The van der Waals surface area contributed by atoms with Crippen LogP contribution in [0.2, 0.25) is 0 Å². The van der Waals surface area contributed by atoms with Gasteiger partial charge in [-0.15, -0.1) is 0 Å². The Hall–Kier alpha value is -0.160. The lowest BCUT2D eigenvalue weighted by Crippen LogP contribution is -2.46. The number of ether oxygens (including phenoxy) is 1. The van der Waals surface area contributed by atoms with Gasteiger partial charge >= 0.3 is 0 Å². The molecule has 0 bridgehead atoms. The SMILES string of the molecule is NC1(CCN2CCOCC2)CCNC1. The highest BCUT2D eigenvalue weighted by Crippen LogP contribution is 2.16. The van der Waals surface area contributed by atoms with Crippen molar-refractivity contribution in [3.8, 4) is 0 Å². The van der Waals surface area contributed by atoms with Crippen molar-refractivity contribution in [1.82, 2.24) is 10.2 Å². The molecule has 1 atom stereocenters. The number of hydrogen-bond acceptors (Lipinski definition) is 4. The molecule has 0 radical (unpaired) electrons. The molecule has 2 saturated heterocycles. The summed E-state index contributed by atoms with van der Waals surface area (Å²) >= 11 is 0. The lowest BCUT2D eigenvalue weighted by molar-refractivity contribution is 0.0349. The molecule has 0 amide bonds. The number of hydrogen-bond donors (Lipinski definition) is 2. The molecule has 0 aromatic heterocycles. The van der Waals surface area contributed by atoms with Crippen LogP contribution in [0.25, 0.3) is 0 Å².